The van der Waals surface area contributed by atoms with Crippen LogP contribution in [0.1, 0.15) is 20.3 Å². The van der Waals surface area contributed by atoms with Crippen molar-refractivity contribution >= 4 is 17.5 Å². The molecule has 0 radical (unpaired) electrons. The summed E-state index contributed by atoms with van der Waals surface area (Å²) in [6.45, 7) is 4.32. The SMILES string of the molecule is CC(C)C(CCCl)Nc1ncccn1. The number of rotatable bonds is 5. The summed E-state index contributed by atoms with van der Waals surface area (Å²) in [7, 11) is 0. The zero-order valence-corrected chi connectivity index (χ0v) is 9.33. The van der Waals surface area contributed by atoms with E-state index in [1.165, 1.54) is 0 Å². The molecular weight excluding hydrogens is 198 g/mol. The van der Waals surface area contributed by atoms with E-state index in [1.807, 2.05) is 0 Å². The number of hydrogen-bond donors (Lipinski definition) is 1. The van der Waals surface area contributed by atoms with Crippen molar-refractivity contribution in [3.8, 4) is 0 Å². The van der Waals surface area contributed by atoms with Crippen LogP contribution in [0.3, 0.4) is 0 Å². The van der Waals surface area contributed by atoms with Gasteiger partial charge in [-0.3, -0.25) is 0 Å². The van der Waals surface area contributed by atoms with Crippen LogP contribution in [0, 0.1) is 5.92 Å². The molecule has 1 rings (SSSR count). The second-order valence-corrected chi connectivity index (χ2v) is 3.92. The molecule has 0 amide bonds. The number of nitrogens with zero attached hydrogens (tertiary/aromatic N) is 2. The molecule has 1 N–H and O–H groups in total. The lowest BCUT2D eigenvalue weighted by molar-refractivity contribution is 0.510. The Kier molecular flexibility index (Phi) is 4.66. The number of alkyl halides is 1. The van der Waals surface area contributed by atoms with Crippen molar-refractivity contribution in [3.63, 3.8) is 0 Å². The van der Waals surface area contributed by atoms with Gasteiger partial charge in [-0.15, -0.1) is 11.6 Å². The van der Waals surface area contributed by atoms with Gasteiger partial charge >= 0.3 is 0 Å². The predicted molar refractivity (Wildman–Crippen MR) is 59.6 cm³/mol. The maximum atomic E-state index is 5.73. The fraction of sp³-hybridized carbons (Fsp3) is 0.600. The highest BCUT2D eigenvalue weighted by Gasteiger charge is 2.12. The minimum Gasteiger partial charge on any atom is -0.351 e. The van der Waals surface area contributed by atoms with E-state index >= 15 is 0 Å². The Hall–Kier alpha value is -0.830. The highest BCUT2D eigenvalue weighted by Crippen LogP contribution is 2.11. The van der Waals surface area contributed by atoms with E-state index in [2.05, 4.69) is 29.1 Å². The average molecular weight is 214 g/mol. The first kappa shape index (κ1) is 11.2. The molecule has 0 aliphatic heterocycles. The highest BCUT2D eigenvalue weighted by molar-refractivity contribution is 6.17. The van der Waals surface area contributed by atoms with Crippen LogP contribution in [0.5, 0.6) is 0 Å². The monoisotopic (exact) mass is 213 g/mol. The normalized spacial score (nSPS) is 12.9. The first-order chi connectivity index (χ1) is 6.74. The third-order valence-corrected chi connectivity index (χ3v) is 2.32. The molecule has 0 saturated carbocycles. The molecule has 1 aromatic heterocycles. The smallest absolute Gasteiger partial charge is 0.222 e. The van der Waals surface area contributed by atoms with E-state index in [9.17, 15) is 0 Å². The van der Waals surface area contributed by atoms with Gasteiger partial charge in [-0.05, 0) is 18.4 Å². The van der Waals surface area contributed by atoms with E-state index in [0.29, 0.717) is 23.8 Å². The van der Waals surface area contributed by atoms with Crippen LogP contribution >= 0.6 is 11.6 Å². The molecule has 0 spiro atoms. The minimum absolute atomic E-state index is 0.342. The fourth-order valence-corrected chi connectivity index (χ4v) is 1.46. The molecule has 0 aliphatic rings. The Bertz CT molecular complexity index is 251. The van der Waals surface area contributed by atoms with Gasteiger partial charge in [-0.2, -0.15) is 0 Å². The van der Waals surface area contributed by atoms with Crippen molar-refractivity contribution in [2.75, 3.05) is 11.2 Å². The molecule has 0 aromatic carbocycles. The van der Waals surface area contributed by atoms with Crippen LogP contribution in [0.2, 0.25) is 0 Å². The van der Waals surface area contributed by atoms with Crippen LogP contribution < -0.4 is 5.32 Å². The van der Waals surface area contributed by atoms with Gasteiger partial charge in [0, 0.05) is 24.3 Å². The number of halogens is 1. The lowest BCUT2D eigenvalue weighted by atomic mass is 10.0. The predicted octanol–water partition coefficient (Wildman–Crippen LogP) is 2.54. The molecule has 14 heavy (non-hydrogen) atoms. The van der Waals surface area contributed by atoms with Gasteiger partial charge in [0.15, 0.2) is 0 Å². The van der Waals surface area contributed by atoms with Crippen molar-refractivity contribution in [3.05, 3.63) is 18.5 Å². The lowest BCUT2D eigenvalue weighted by Gasteiger charge is -2.20. The molecule has 0 bridgehead atoms. The molecule has 3 nitrogen and oxygen atoms in total. The van der Waals surface area contributed by atoms with E-state index in [0.717, 1.165) is 6.42 Å². The zero-order chi connectivity index (χ0) is 10.4. The molecule has 0 saturated heterocycles. The molecule has 0 fully saturated rings. The van der Waals surface area contributed by atoms with Gasteiger partial charge < -0.3 is 5.32 Å². The number of hydrogen-bond acceptors (Lipinski definition) is 3. The molecule has 1 unspecified atom stereocenters. The van der Waals surface area contributed by atoms with Crippen LogP contribution in [0.25, 0.3) is 0 Å². The average Bonchev–Trinajstić information content (AvgIpc) is 2.18. The lowest BCUT2D eigenvalue weighted by Crippen LogP contribution is -2.27. The van der Waals surface area contributed by atoms with E-state index in [4.69, 9.17) is 11.6 Å². The molecule has 4 heteroatoms. The Morgan fingerprint density at radius 1 is 1.36 bits per heavy atom. The molecule has 1 aromatic rings. The van der Waals surface area contributed by atoms with Crippen LogP contribution in [0.4, 0.5) is 5.95 Å². The van der Waals surface area contributed by atoms with Crippen LogP contribution in [0.15, 0.2) is 18.5 Å². The summed E-state index contributed by atoms with van der Waals surface area (Å²) in [6, 6.07) is 2.15. The largest absolute Gasteiger partial charge is 0.351 e. The summed E-state index contributed by atoms with van der Waals surface area (Å²) in [5, 5.41) is 3.27. The van der Waals surface area contributed by atoms with Crippen LogP contribution in [-0.2, 0) is 0 Å². The van der Waals surface area contributed by atoms with Crippen molar-refractivity contribution in [2.24, 2.45) is 5.92 Å². The fourth-order valence-electron chi connectivity index (χ4n) is 1.23. The summed E-state index contributed by atoms with van der Waals surface area (Å²) >= 11 is 5.73. The summed E-state index contributed by atoms with van der Waals surface area (Å²) in [4.78, 5) is 8.24. The number of nitrogens with one attached hydrogen (secondary N) is 1. The maximum Gasteiger partial charge on any atom is 0.222 e. The quantitative estimate of drug-likeness (QED) is 0.764. The number of anilines is 1. The van der Waals surface area contributed by atoms with E-state index in [1.54, 1.807) is 18.5 Å². The van der Waals surface area contributed by atoms with Crippen LogP contribution in [-0.4, -0.2) is 21.9 Å². The summed E-state index contributed by atoms with van der Waals surface area (Å²) in [5.41, 5.74) is 0. The molecule has 1 atom stereocenters. The van der Waals surface area contributed by atoms with Crippen molar-refractivity contribution in [1.29, 1.82) is 0 Å². The first-order valence-electron chi connectivity index (χ1n) is 4.83. The molecule has 1 heterocycles. The summed E-state index contributed by atoms with van der Waals surface area (Å²) in [5.74, 6) is 1.86. The Labute approximate surface area is 89.9 Å². The van der Waals surface area contributed by atoms with Crippen molar-refractivity contribution in [1.82, 2.24) is 9.97 Å². The summed E-state index contributed by atoms with van der Waals surface area (Å²) < 4.78 is 0. The highest BCUT2D eigenvalue weighted by atomic mass is 35.5. The molecular formula is C10H16ClN3. The number of aromatic nitrogens is 2. The minimum atomic E-state index is 0.342. The van der Waals surface area contributed by atoms with Gasteiger partial charge in [0.1, 0.15) is 0 Å². The van der Waals surface area contributed by atoms with Gasteiger partial charge in [0.25, 0.3) is 0 Å². The molecule has 0 aliphatic carbocycles. The van der Waals surface area contributed by atoms with Gasteiger partial charge in [-0.25, -0.2) is 9.97 Å². The Morgan fingerprint density at radius 3 is 2.50 bits per heavy atom. The maximum absolute atomic E-state index is 5.73. The standard InChI is InChI=1S/C10H16ClN3/c1-8(2)9(4-5-11)14-10-12-6-3-7-13-10/h3,6-9H,4-5H2,1-2H3,(H,12,13,14). The van der Waals surface area contributed by atoms with Gasteiger partial charge in [-0.1, -0.05) is 13.8 Å². The third kappa shape index (κ3) is 3.50. The first-order valence-corrected chi connectivity index (χ1v) is 5.37. The van der Waals surface area contributed by atoms with E-state index < -0.39 is 0 Å². The Morgan fingerprint density at radius 2 is 2.00 bits per heavy atom. The van der Waals surface area contributed by atoms with E-state index in [-0.39, 0.29) is 0 Å². The van der Waals surface area contributed by atoms with Crippen molar-refractivity contribution in [2.45, 2.75) is 26.3 Å². The second kappa shape index (κ2) is 5.81. The molecule has 78 valence electrons. The second-order valence-electron chi connectivity index (χ2n) is 3.54. The van der Waals surface area contributed by atoms with Gasteiger partial charge in [0.2, 0.25) is 5.95 Å². The Balaban J connectivity index is 2.55. The third-order valence-electron chi connectivity index (χ3n) is 2.11. The van der Waals surface area contributed by atoms with Gasteiger partial charge in [0.05, 0.1) is 0 Å². The topological polar surface area (TPSA) is 37.8 Å². The van der Waals surface area contributed by atoms with Crippen molar-refractivity contribution < 1.29 is 0 Å². The zero-order valence-electron chi connectivity index (χ0n) is 8.57. The summed E-state index contributed by atoms with van der Waals surface area (Å²) in [6.07, 6.45) is 4.39.